The van der Waals surface area contributed by atoms with E-state index in [1.165, 1.54) is 19.2 Å². The van der Waals surface area contributed by atoms with Gasteiger partial charge in [-0.05, 0) is 64.1 Å². The van der Waals surface area contributed by atoms with Crippen LogP contribution in [0.1, 0.15) is 66.9 Å². The number of fused-ring (bicyclic) bond motifs is 2. The van der Waals surface area contributed by atoms with Crippen molar-refractivity contribution in [1.82, 2.24) is 38.7 Å². The van der Waals surface area contributed by atoms with Crippen LogP contribution in [-0.2, 0) is 30.9 Å². The number of allylic oxidation sites excluding steroid dienone is 2. The van der Waals surface area contributed by atoms with Crippen LogP contribution in [0.3, 0.4) is 0 Å². The van der Waals surface area contributed by atoms with Gasteiger partial charge in [0.05, 0.1) is 42.7 Å². The molecule has 1 saturated heterocycles. The molecular formula is C38H42N12O7. The summed E-state index contributed by atoms with van der Waals surface area (Å²) in [6.07, 6.45) is 3.42. The second-order valence-electron chi connectivity index (χ2n) is 13.3. The maximum absolute atomic E-state index is 13.7. The van der Waals surface area contributed by atoms with Crippen LogP contribution in [0.2, 0.25) is 0 Å². The maximum Gasteiger partial charge on any atom is 0.276 e. The van der Waals surface area contributed by atoms with Gasteiger partial charge < -0.3 is 34.8 Å². The van der Waals surface area contributed by atoms with Gasteiger partial charge in [0.1, 0.15) is 40.0 Å². The number of carbonyl (C=O) groups is 4. The van der Waals surface area contributed by atoms with E-state index >= 15 is 0 Å². The van der Waals surface area contributed by atoms with Crippen molar-refractivity contribution in [2.45, 2.75) is 60.0 Å². The molecule has 1 aliphatic heterocycles. The normalized spacial score (nSPS) is 13.0. The van der Waals surface area contributed by atoms with Gasteiger partial charge in [0.25, 0.3) is 11.8 Å². The van der Waals surface area contributed by atoms with Crippen molar-refractivity contribution in [2.75, 3.05) is 31.0 Å². The predicted octanol–water partition coefficient (Wildman–Crippen LogP) is 3.18. The Morgan fingerprint density at radius 2 is 1.21 bits per heavy atom. The minimum absolute atomic E-state index is 0.165. The average Bonchev–Trinajstić information content (AvgIpc) is 3.93. The fourth-order valence-corrected chi connectivity index (χ4v) is 6.63. The van der Waals surface area contributed by atoms with Crippen LogP contribution in [0.25, 0.3) is 22.1 Å². The Balaban J connectivity index is 1.28. The molecule has 0 radical (unpaired) electrons. The molecule has 19 heteroatoms. The van der Waals surface area contributed by atoms with Gasteiger partial charge in [0.15, 0.2) is 0 Å². The van der Waals surface area contributed by atoms with E-state index in [2.05, 4.69) is 25.8 Å². The molecule has 4 amide bonds. The Kier molecular flexibility index (Phi) is 10.5. The second-order valence-corrected chi connectivity index (χ2v) is 13.3. The third kappa shape index (κ3) is 7.51. The van der Waals surface area contributed by atoms with E-state index in [-0.39, 0.29) is 42.2 Å². The summed E-state index contributed by atoms with van der Waals surface area (Å²) in [5.74, 6) is -1.18. The Morgan fingerprint density at radius 3 is 1.61 bits per heavy atom. The number of benzene rings is 2. The molecule has 5 heterocycles. The fourth-order valence-electron chi connectivity index (χ4n) is 6.63. The van der Waals surface area contributed by atoms with Crippen molar-refractivity contribution in [1.29, 1.82) is 0 Å². The van der Waals surface area contributed by atoms with Gasteiger partial charge in [-0.25, -0.2) is 9.97 Å². The lowest BCUT2D eigenvalue weighted by Crippen LogP contribution is -2.38. The summed E-state index contributed by atoms with van der Waals surface area (Å²) in [6, 6.07) is 9.51. The van der Waals surface area contributed by atoms with Crippen LogP contribution in [0.15, 0.2) is 48.6 Å². The first-order valence-corrected chi connectivity index (χ1v) is 18.2. The van der Waals surface area contributed by atoms with Crippen LogP contribution >= 0.6 is 0 Å². The number of rotatable bonds is 15. The number of carbonyl (C=O) groups excluding carboxylic acids is 4. The number of imidazole rings is 2. The zero-order valence-electron chi connectivity index (χ0n) is 32.0. The van der Waals surface area contributed by atoms with E-state index in [1.54, 1.807) is 56.6 Å². The van der Waals surface area contributed by atoms with Gasteiger partial charge in [-0.2, -0.15) is 10.2 Å². The highest BCUT2D eigenvalue weighted by Crippen LogP contribution is 2.34. The summed E-state index contributed by atoms with van der Waals surface area (Å²) in [6.45, 7) is 9.38. The molecule has 0 atom stereocenters. The number of primary amides is 2. The van der Waals surface area contributed by atoms with Crippen LogP contribution in [0.4, 0.5) is 11.9 Å². The minimum atomic E-state index is -0.669. The molecule has 0 aliphatic carbocycles. The first-order valence-electron chi connectivity index (χ1n) is 18.2. The first-order chi connectivity index (χ1) is 27.4. The molecule has 296 valence electrons. The number of amides is 4. The highest BCUT2D eigenvalue weighted by atomic mass is 16.6. The number of nitrogens with zero attached hydrogens (tertiary/aromatic N) is 8. The molecule has 0 bridgehead atoms. The fraction of sp³-hybridized carbons (Fsp3) is 0.316. The molecule has 6 N–H and O–H groups in total. The average molecular weight is 779 g/mol. The monoisotopic (exact) mass is 778 g/mol. The standard InChI is InChI=1S/C38H42N12O7/c1-6-49-27(12-20(3)45-49)35(53)43-37-41-25-14-22(33(39)51)16-29(55-5)31(25)47(37)10-8-9-11-48-32-26(15-23(34(40)52)17-30(32)57-24-18-56-19-24)42-38(48)44-36(54)28-13-21(4)46-50(28)7-2/h8-9,12-17,24H,6-7,10-11,18-19H2,1-5H3,(H2,39,51)(H2,40,52)(H,41,43,53)(H,42,44,54)/b9-8+. The quantitative estimate of drug-likeness (QED) is 0.110. The molecule has 19 nitrogen and oxygen atoms in total. The maximum atomic E-state index is 13.7. The van der Waals surface area contributed by atoms with E-state index in [1.807, 2.05) is 26.0 Å². The number of nitrogens with one attached hydrogen (secondary N) is 2. The molecule has 2 aromatic carbocycles. The predicted molar refractivity (Wildman–Crippen MR) is 209 cm³/mol. The molecule has 1 aliphatic rings. The summed E-state index contributed by atoms with van der Waals surface area (Å²) in [4.78, 5) is 61.2. The number of nitrogens with two attached hydrogens (primary N) is 2. The lowest BCUT2D eigenvalue weighted by Gasteiger charge is -2.27. The summed E-state index contributed by atoms with van der Waals surface area (Å²) < 4.78 is 23.9. The molecule has 6 aromatic rings. The summed E-state index contributed by atoms with van der Waals surface area (Å²) >= 11 is 0. The van der Waals surface area contributed by atoms with Crippen molar-refractivity contribution >= 4 is 57.6 Å². The number of aryl methyl sites for hydroxylation is 4. The van der Waals surface area contributed by atoms with Crippen molar-refractivity contribution < 1.29 is 33.4 Å². The molecule has 0 spiro atoms. The molecule has 57 heavy (non-hydrogen) atoms. The zero-order chi connectivity index (χ0) is 40.5. The van der Waals surface area contributed by atoms with E-state index in [9.17, 15) is 19.2 Å². The van der Waals surface area contributed by atoms with Gasteiger partial charge >= 0.3 is 0 Å². The lowest BCUT2D eigenvalue weighted by molar-refractivity contribution is -0.0792. The van der Waals surface area contributed by atoms with Gasteiger partial charge in [-0.15, -0.1) is 0 Å². The smallest absolute Gasteiger partial charge is 0.276 e. The van der Waals surface area contributed by atoms with Gasteiger partial charge in [-0.3, -0.25) is 39.2 Å². The Hall–Kier alpha value is -7.02. The Labute approximate surface area is 325 Å². The van der Waals surface area contributed by atoms with Crippen LogP contribution < -0.4 is 31.6 Å². The third-order valence-corrected chi connectivity index (χ3v) is 9.37. The van der Waals surface area contributed by atoms with E-state index < -0.39 is 23.6 Å². The Bertz CT molecular complexity index is 2590. The zero-order valence-corrected chi connectivity index (χ0v) is 32.0. The molecule has 1 fully saturated rings. The van der Waals surface area contributed by atoms with Gasteiger partial charge in [0.2, 0.25) is 23.7 Å². The Morgan fingerprint density at radius 1 is 0.754 bits per heavy atom. The van der Waals surface area contributed by atoms with Gasteiger partial charge in [-0.1, -0.05) is 12.2 Å². The van der Waals surface area contributed by atoms with Crippen molar-refractivity contribution in [3.05, 3.63) is 82.5 Å². The molecule has 4 aromatic heterocycles. The molecule has 0 unspecified atom stereocenters. The van der Waals surface area contributed by atoms with Crippen LogP contribution in [0.5, 0.6) is 11.5 Å². The largest absolute Gasteiger partial charge is 0.494 e. The lowest BCUT2D eigenvalue weighted by atomic mass is 10.1. The number of hydrogen-bond acceptors (Lipinski definition) is 11. The van der Waals surface area contributed by atoms with Crippen molar-refractivity contribution in [3.8, 4) is 11.5 Å². The van der Waals surface area contributed by atoms with Gasteiger partial charge in [0, 0.05) is 37.3 Å². The second kappa shape index (κ2) is 15.6. The SMILES string of the molecule is CCn1nc(C)cc1C(=O)Nc1nc2cc(C(N)=O)cc(OC)c2n1C/C=C/Cn1c(NC(=O)c2cc(C)nn2CC)nc2cc(C(N)=O)cc(OC3COC3)c21. The van der Waals surface area contributed by atoms with Crippen LogP contribution in [0, 0.1) is 13.8 Å². The molecule has 0 saturated carbocycles. The summed E-state index contributed by atoms with van der Waals surface area (Å²) in [5, 5.41) is 14.6. The van der Waals surface area contributed by atoms with Crippen molar-refractivity contribution in [2.24, 2.45) is 11.5 Å². The number of ether oxygens (including phenoxy) is 3. The topological polar surface area (TPSA) is 243 Å². The first kappa shape index (κ1) is 38.3. The van der Waals surface area contributed by atoms with E-state index in [0.717, 1.165) is 0 Å². The summed E-state index contributed by atoms with van der Waals surface area (Å²) in [5.41, 5.74) is 15.5. The number of hydrogen-bond donors (Lipinski definition) is 4. The summed E-state index contributed by atoms with van der Waals surface area (Å²) in [7, 11) is 1.46. The van der Waals surface area contributed by atoms with E-state index in [0.29, 0.717) is 82.6 Å². The van der Waals surface area contributed by atoms with E-state index in [4.69, 9.17) is 30.7 Å². The minimum Gasteiger partial charge on any atom is -0.494 e. The number of anilines is 2. The van der Waals surface area contributed by atoms with Crippen molar-refractivity contribution in [3.63, 3.8) is 0 Å². The third-order valence-electron chi connectivity index (χ3n) is 9.37. The van der Waals surface area contributed by atoms with Crippen LogP contribution in [-0.4, -0.2) is 88.7 Å². The number of methoxy groups -OCH3 is 1. The highest BCUT2D eigenvalue weighted by molar-refractivity contribution is 6.05. The molecular weight excluding hydrogens is 736 g/mol. The highest BCUT2D eigenvalue weighted by Gasteiger charge is 2.26. The molecule has 7 rings (SSSR count). The number of aromatic nitrogens is 8.